The summed E-state index contributed by atoms with van der Waals surface area (Å²) in [6.45, 7) is 2.25. The lowest BCUT2D eigenvalue weighted by molar-refractivity contribution is 0.764. The van der Waals surface area contributed by atoms with E-state index < -0.39 is 0 Å². The Labute approximate surface area is 112 Å². The number of nitrogens with one attached hydrogen (secondary N) is 1. The average molecular weight is 251 g/mol. The van der Waals surface area contributed by atoms with Crippen LogP contribution in [0.1, 0.15) is 17.9 Å². The third-order valence-corrected chi connectivity index (χ3v) is 4.36. The molecule has 96 valence electrons. The van der Waals surface area contributed by atoms with E-state index in [2.05, 4.69) is 46.2 Å². The highest BCUT2D eigenvalue weighted by molar-refractivity contribution is 6.07. The Kier molecular flexibility index (Phi) is 2.35. The first-order chi connectivity index (χ1) is 9.34. The zero-order valence-corrected chi connectivity index (χ0v) is 11.1. The molecule has 3 heteroatoms. The zero-order chi connectivity index (χ0) is 12.8. The molecule has 19 heavy (non-hydrogen) atoms. The van der Waals surface area contributed by atoms with E-state index in [9.17, 15) is 0 Å². The first-order valence-corrected chi connectivity index (χ1v) is 6.87. The van der Waals surface area contributed by atoms with Gasteiger partial charge in [0, 0.05) is 42.3 Å². The molecule has 3 aromatic rings. The number of hydrogen-bond acceptors (Lipinski definition) is 2. The molecular weight excluding hydrogens is 234 g/mol. The van der Waals surface area contributed by atoms with Gasteiger partial charge in [0.05, 0.1) is 5.52 Å². The van der Waals surface area contributed by atoms with Gasteiger partial charge in [-0.3, -0.25) is 4.98 Å². The summed E-state index contributed by atoms with van der Waals surface area (Å²) in [5.74, 6) is 0.667. The van der Waals surface area contributed by atoms with Crippen LogP contribution >= 0.6 is 0 Å². The number of fused-ring (bicyclic) bond motifs is 3. The lowest BCUT2D eigenvalue weighted by Gasteiger charge is -2.09. The molecule has 1 aliphatic heterocycles. The molecule has 4 rings (SSSR count). The monoisotopic (exact) mass is 251 g/mol. The molecule has 1 fully saturated rings. The third-order valence-electron chi connectivity index (χ3n) is 4.36. The van der Waals surface area contributed by atoms with Crippen molar-refractivity contribution in [1.82, 2.24) is 14.9 Å². The zero-order valence-electron chi connectivity index (χ0n) is 11.1. The predicted molar refractivity (Wildman–Crippen MR) is 78.4 cm³/mol. The molecule has 0 saturated carbocycles. The molecule has 1 saturated heterocycles. The number of pyridine rings is 1. The molecule has 0 aliphatic carbocycles. The van der Waals surface area contributed by atoms with E-state index in [0.29, 0.717) is 5.92 Å². The summed E-state index contributed by atoms with van der Waals surface area (Å²) >= 11 is 0. The van der Waals surface area contributed by atoms with Crippen LogP contribution in [0.2, 0.25) is 0 Å². The molecule has 1 atom stereocenters. The van der Waals surface area contributed by atoms with Gasteiger partial charge in [0.2, 0.25) is 0 Å². The van der Waals surface area contributed by atoms with Gasteiger partial charge in [0.1, 0.15) is 0 Å². The molecule has 2 aromatic heterocycles. The minimum Gasteiger partial charge on any atom is -0.344 e. The number of aryl methyl sites for hydroxylation is 1. The van der Waals surface area contributed by atoms with Gasteiger partial charge in [-0.25, -0.2) is 0 Å². The van der Waals surface area contributed by atoms with Gasteiger partial charge in [-0.15, -0.1) is 0 Å². The average Bonchev–Trinajstić information content (AvgIpc) is 3.08. The molecule has 3 nitrogen and oxygen atoms in total. The van der Waals surface area contributed by atoms with E-state index >= 15 is 0 Å². The second kappa shape index (κ2) is 4.07. The first-order valence-electron chi connectivity index (χ1n) is 6.87. The van der Waals surface area contributed by atoms with Crippen LogP contribution < -0.4 is 5.32 Å². The van der Waals surface area contributed by atoms with Gasteiger partial charge >= 0.3 is 0 Å². The topological polar surface area (TPSA) is 29.9 Å². The summed E-state index contributed by atoms with van der Waals surface area (Å²) in [7, 11) is 2.14. The summed E-state index contributed by atoms with van der Waals surface area (Å²) in [6.07, 6.45) is 5.08. The highest BCUT2D eigenvalue weighted by Crippen LogP contribution is 2.31. The van der Waals surface area contributed by atoms with Crippen molar-refractivity contribution in [2.24, 2.45) is 7.05 Å². The standard InChI is InChI=1S/C16H17N3/c1-19-15-5-7-18-10-14(15)13-3-2-11(8-16(13)19)12-4-6-17-9-12/h2-3,5,7-8,10,12,17H,4,6,9H2,1H3. The SMILES string of the molecule is Cn1c2ccncc2c2ccc(C3CCNC3)cc21. The van der Waals surface area contributed by atoms with Crippen LogP contribution in [0.5, 0.6) is 0 Å². The van der Waals surface area contributed by atoms with E-state index in [0.717, 1.165) is 13.1 Å². The maximum atomic E-state index is 4.25. The van der Waals surface area contributed by atoms with Gasteiger partial charge < -0.3 is 9.88 Å². The lowest BCUT2D eigenvalue weighted by Crippen LogP contribution is -2.07. The smallest absolute Gasteiger partial charge is 0.0519 e. The molecule has 0 amide bonds. The molecule has 1 N–H and O–H groups in total. The van der Waals surface area contributed by atoms with Crippen LogP contribution in [-0.4, -0.2) is 22.6 Å². The third kappa shape index (κ3) is 1.58. The van der Waals surface area contributed by atoms with Crippen LogP contribution in [0.4, 0.5) is 0 Å². The van der Waals surface area contributed by atoms with Crippen molar-refractivity contribution in [3.63, 3.8) is 0 Å². The van der Waals surface area contributed by atoms with E-state index in [4.69, 9.17) is 0 Å². The molecule has 0 bridgehead atoms. The molecule has 1 unspecified atom stereocenters. The van der Waals surface area contributed by atoms with Crippen molar-refractivity contribution >= 4 is 21.8 Å². The maximum absolute atomic E-state index is 4.25. The predicted octanol–water partition coefficient (Wildman–Crippen LogP) is 2.80. The van der Waals surface area contributed by atoms with Crippen LogP contribution in [0.3, 0.4) is 0 Å². The second-order valence-corrected chi connectivity index (χ2v) is 5.42. The number of benzene rings is 1. The fourth-order valence-electron chi connectivity index (χ4n) is 3.26. The summed E-state index contributed by atoms with van der Waals surface area (Å²) in [5, 5.41) is 6.00. The Morgan fingerprint density at radius 2 is 2.16 bits per heavy atom. The molecular formula is C16H17N3. The Morgan fingerprint density at radius 3 is 3.00 bits per heavy atom. The van der Waals surface area contributed by atoms with Crippen LogP contribution in [0, 0.1) is 0 Å². The summed E-state index contributed by atoms with van der Waals surface area (Å²) in [4.78, 5) is 4.25. The fourth-order valence-corrected chi connectivity index (χ4v) is 3.26. The second-order valence-electron chi connectivity index (χ2n) is 5.42. The Bertz CT molecular complexity index is 751. The Balaban J connectivity index is 1.98. The van der Waals surface area contributed by atoms with Crippen LogP contribution in [-0.2, 0) is 7.05 Å². The highest BCUT2D eigenvalue weighted by Gasteiger charge is 2.18. The molecule has 0 radical (unpaired) electrons. The highest BCUT2D eigenvalue weighted by atomic mass is 14.9. The molecule has 1 aliphatic rings. The quantitative estimate of drug-likeness (QED) is 0.720. The van der Waals surface area contributed by atoms with Crippen molar-refractivity contribution in [3.8, 4) is 0 Å². The van der Waals surface area contributed by atoms with E-state index in [1.807, 2.05) is 12.4 Å². The number of hydrogen-bond donors (Lipinski definition) is 1. The van der Waals surface area contributed by atoms with Crippen molar-refractivity contribution in [2.75, 3.05) is 13.1 Å². The van der Waals surface area contributed by atoms with E-state index in [1.54, 1.807) is 0 Å². The normalized spacial score (nSPS) is 19.5. The largest absolute Gasteiger partial charge is 0.344 e. The van der Waals surface area contributed by atoms with Gasteiger partial charge in [-0.05, 0) is 36.6 Å². The minimum absolute atomic E-state index is 0.667. The van der Waals surface area contributed by atoms with Crippen LogP contribution in [0.15, 0.2) is 36.7 Å². The van der Waals surface area contributed by atoms with Gasteiger partial charge in [-0.1, -0.05) is 12.1 Å². The maximum Gasteiger partial charge on any atom is 0.0519 e. The molecule has 3 heterocycles. The Hall–Kier alpha value is -1.87. The van der Waals surface area contributed by atoms with Crippen LogP contribution in [0.25, 0.3) is 21.8 Å². The van der Waals surface area contributed by atoms with Crippen molar-refractivity contribution in [2.45, 2.75) is 12.3 Å². The molecule has 1 aromatic carbocycles. The molecule has 0 spiro atoms. The first kappa shape index (κ1) is 11.0. The minimum atomic E-state index is 0.667. The van der Waals surface area contributed by atoms with Crippen molar-refractivity contribution < 1.29 is 0 Å². The van der Waals surface area contributed by atoms with Crippen molar-refractivity contribution in [3.05, 3.63) is 42.2 Å². The summed E-state index contributed by atoms with van der Waals surface area (Å²) in [5.41, 5.74) is 4.02. The van der Waals surface area contributed by atoms with Gasteiger partial charge in [-0.2, -0.15) is 0 Å². The number of nitrogens with zero attached hydrogens (tertiary/aromatic N) is 2. The van der Waals surface area contributed by atoms with Crippen molar-refractivity contribution in [1.29, 1.82) is 0 Å². The van der Waals surface area contributed by atoms with Gasteiger partial charge in [0.25, 0.3) is 0 Å². The number of aromatic nitrogens is 2. The van der Waals surface area contributed by atoms with Gasteiger partial charge in [0.15, 0.2) is 0 Å². The van der Waals surface area contributed by atoms with E-state index in [-0.39, 0.29) is 0 Å². The fraction of sp³-hybridized carbons (Fsp3) is 0.312. The number of rotatable bonds is 1. The Morgan fingerprint density at radius 1 is 1.21 bits per heavy atom. The summed E-state index contributed by atoms with van der Waals surface area (Å²) < 4.78 is 2.28. The summed E-state index contributed by atoms with van der Waals surface area (Å²) in [6, 6.07) is 8.98. The van der Waals surface area contributed by atoms with E-state index in [1.165, 1.54) is 33.8 Å². The lowest BCUT2D eigenvalue weighted by atomic mass is 9.97.